The number of nitro benzene ring substituents is 1. The molecule has 0 fully saturated rings. The van der Waals surface area contributed by atoms with E-state index in [-0.39, 0.29) is 41.1 Å². The van der Waals surface area contributed by atoms with Gasteiger partial charge in [0.05, 0.1) is 33.9 Å². The number of hydrazone groups is 1. The summed E-state index contributed by atoms with van der Waals surface area (Å²) in [6.45, 7) is 4.16. The number of carbonyl (C=O) groups is 2. The van der Waals surface area contributed by atoms with Gasteiger partial charge in [-0.3, -0.25) is 19.7 Å². The first-order valence-electron chi connectivity index (χ1n) is 15.4. The highest BCUT2D eigenvalue weighted by atomic mass is 32.2. The third-order valence-electron chi connectivity index (χ3n) is 8.17. The van der Waals surface area contributed by atoms with Gasteiger partial charge in [-0.25, -0.2) is 5.01 Å². The molecule has 0 saturated heterocycles. The van der Waals surface area contributed by atoms with Gasteiger partial charge in [0.1, 0.15) is 0 Å². The summed E-state index contributed by atoms with van der Waals surface area (Å²) in [6, 6.07) is 26.4. The van der Waals surface area contributed by atoms with E-state index in [2.05, 4.69) is 27.6 Å². The van der Waals surface area contributed by atoms with Crippen LogP contribution in [0.25, 0.3) is 0 Å². The van der Waals surface area contributed by atoms with Crippen LogP contribution in [0.5, 0.6) is 0 Å². The highest BCUT2D eigenvalue weighted by molar-refractivity contribution is 7.99. The van der Waals surface area contributed by atoms with Crippen molar-refractivity contribution in [1.29, 1.82) is 0 Å². The summed E-state index contributed by atoms with van der Waals surface area (Å²) < 4.78 is 1.91. The van der Waals surface area contributed by atoms with Crippen LogP contribution in [0.3, 0.4) is 0 Å². The molecule has 1 aliphatic rings. The van der Waals surface area contributed by atoms with Gasteiger partial charge in [-0.05, 0) is 48.9 Å². The molecule has 0 spiro atoms. The summed E-state index contributed by atoms with van der Waals surface area (Å²) in [5.41, 5.74) is 4.56. The number of nitrogens with one attached hydrogen (secondary N) is 1. The summed E-state index contributed by atoms with van der Waals surface area (Å²) in [6.07, 6.45) is 1.31. The van der Waals surface area contributed by atoms with Gasteiger partial charge in [0.2, 0.25) is 0 Å². The maximum absolute atomic E-state index is 13.8. The molecular weight excluding hydrogens is 647 g/mol. The van der Waals surface area contributed by atoms with Gasteiger partial charge < -0.3 is 9.88 Å². The number of aryl methyl sites for hydroxylation is 2. The molecule has 3 heterocycles. The smallest absolute Gasteiger partial charge is 0.273 e. The zero-order chi connectivity index (χ0) is 33.6. The van der Waals surface area contributed by atoms with Crippen LogP contribution in [0.4, 0.5) is 5.69 Å². The maximum Gasteiger partial charge on any atom is 0.273 e. The summed E-state index contributed by atoms with van der Waals surface area (Å²) in [4.78, 5) is 38.8. The summed E-state index contributed by atoms with van der Waals surface area (Å²) in [5.74, 6) is 0.000256. The molecule has 0 aliphatic carbocycles. The Bertz CT molecular complexity index is 1960. The standard InChI is InChI=1S/C35H33N7O4S2/c1-23-13-15-26(16-14-23)30-20-28(31-12-7-19-47-31)39-41(30)33(43)22-48-35-38-37-32(40(35)18-17-25-8-4-3-5-9-25)21-36-34(44)27-10-6-11-29(24(27)2)42(45)46/h3-16,19,30H,17-18,20-22H2,1-2H3,(H,36,44). The van der Waals surface area contributed by atoms with E-state index >= 15 is 0 Å². The second-order valence-electron chi connectivity index (χ2n) is 11.4. The average Bonchev–Trinajstić information content (AvgIpc) is 3.86. The number of thioether (sulfide) groups is 1. The number of nitrogens with zero attached hydrogens (tertiary/aromatic N) is 6. The molecule has 11 nitrogen and oxygen atoms in total. The van der Waals surface area contributed by atoms with Gasteiger partial charge in [0, 0.05) is 30.2 Å². The van der Waals surface area contributed by atoms with Crippen molar-refractivity contribution in [2.45, 2.75) is 51.0 Å². The highest BCUT2D eigenvalue weighted by Crippen LogP contribution is 2.35. The Labute approximate surface area is 285 Å². The fraction of sp³-hybridized carbons (Fsp3) is 0.229. The minimum atomic E-state index is -0.503. The molecule has 48 heavy (non-hydrogen) atoms. The van der Waals surface area contributed by atoms with E-state index in [1.807, 2.05) is 71.5 Å². The first-order valence-corrected chi connectivity index (χ1v) is 17.3. The summed E-state index contributed by atoms with van der Waals surface area (Å²) in [5, 5.41) is 32.0. The highest BCUT2D eigenvalue weighted by Gasteiger charge is 2.33. The zero-order valence-electron chi connectivity index (χ0n) is 26.4. The predicted octanol–water partition coefficient (Wildman–Crippen LogP) is 6.51. The number of benzene rings is 3. The molecule has 244 valence electrons. The molecule has 0 radical (unpaired) electrons. The summed E-state index contributed by atoms with van der Waals surface area (Å²) in [7, 11) is 0. The zero-order valence-corrected chi connectivity index (χ0v) is 28.0. The first kappa shape index (κ1) is 32.8. The van der Waals surface area contributed by atoms with Gasteiger partial charge in [0.15, 0.2) is 11.0 Å². The van der Waals surface area contributed by atoms with E-state index < -0.39 is 10.8 Å². The normalized spacial score (nSPS) is 14.2. The summed E-state index contributed by atoms with van der Waals surface area (Å²) >= 11 is 2.88. The predicted molar refractivity (Wildman–Crippen MR) is 186 cm³/mol. The third-order valence-corrected chi connectivity index (χ3v) is 10.0. The Kier molecular flexibility index (Phi) is 10.1. The Balaban J connectivity index is 1.20. The molecule has 3 aromatic carbocycles. The van der Waals surface area contributed by atoms with Gasteiger partial charge in [-0.1, -0.05) is 84.1 Å². The molecule has 1 N–H and O–H groups in total. The van der Waals surface area contributed by atoms with Crippen LogP contribution in [-0.4, -0.2) is 48.0 Å². The molecule has 6 rings (SSSR count). The number of carbonyl (C=O) groups excluding carboxylic acids is 2. The Morgan fingerprint density at radius 3 is 2.52 bits per heavy atom. The molecule has 2 aromatic heterocycles. The average molecular weight is 680 g/mol. The van der Waals surface area contributed by atoms with Crippen molar-refractivity contribution in [2.75, 3.05) is 5.75 Å². The van der Waals surface area contributed by atoms with E-state index in [1.165, 1.54) is 23.9 Å². The molecular formula is C35H33N7O4S2. The largest absolute Gasteiger partial charge is 0.345 e. The van der Waals surface area contributed by atoms with Crippen molar-refractivity contribution in [1.82, 2.24) is 25.1 Å². The van der Waals surface area contributed by atoms with Crippen molar-refractivity contribution in [3.8, 4) is 0 Å². The van der Waals surface area contributed by atoms with Crippen molar-refractivity contribution >= 4 is 46.3 Å². The Hall–Kier alpha value is -5.14. The Morgan fingerprint density at radius 2 is 1.79 bits per heavy atom. The SMILES string of the molecule is Cc1ccc(C2CC(c3cccs3)=NN2C(=O)CSc2nnc(CNC(=O)c3cccc([N+](=O)[O-])c3C)n2CCc2ccccc2)cc1. The maximum atomic E-state index is 13.8. The lowest BCUT2D eigenvalue weighted by Gasteiger charge is -2.22. The molecule has 1 aliphatic heterocycles. The number of thiophene rings is 1. The van der Waals surface area contributed by atoms with E-state index in [1.54, 1.807) is 29.3 Å². The quantitative estimate of drug-likeness (QED) is 0.0903. The van der Waals surface area contributed by atoms with Crippen LogP contribution in [0, 0.1) is 24.0 Å². The molecule has 13 heteroatoms. The van der Waals surface area contributed by atoms with Crippen LogP contribution >= 0.6 is 23.1 Å². The van der Waals surface area contributed by atoms with Gasteiger partial charge in [-0.15, -0.1) is 21.5 Å². The number of rotatable bonds is 12. The topological polar surface area (TPSA) is 136 Å². The van der Waals surface area contributed by atoms with Crippen LogP contribution in [0.15, 0.2) is 101 Å². The monoisotopic (exact) mass is 679 g/mol. The van der Waals surface area contributed by atoms with Crippen molar-refractivity contribution in [3.05, 3.63) is 139 Å². The molecule has 0 saturated carbocycles. The van der Waals surface area contributed by atoms with Crippen LogP contribution in [-0.2, 0) is 24.3 Å². The van der Waals surface area contributed by atoms with Crippen LogP contribution in [0.1, 0.15) is 55.8 Å². The number of hydrogen-bond acceptors (Lipinski definition) is 9. The molecule has 1 atom stereocenters. The lowest BCUT2D eigenvalue weighted by Crippen LogP contribution is -2.29. The molecule has 1 unspecified atom stereocenters. The van der Waals surface area contributed by atoms with E-state index in [0.717, 1.165) is 27.3 Å². The molecule has 2 amide bonds. The third kappa shape index (κ3) is 7.37. The van der Waals surface area contributed by atoms with Crippen LogP contribution < -0.4 is 5.32 Å². The molecule has 5 aromatic rings. The van der Waals surface area contributed by atoms with Crippen molar-refractivity contribution in [3.63, 3.8) is 0 Å². The second kappa shape index (κ2) is 14.7. The number of nitro groups is 1. The van der Waals surface area contributed by atoms with Crippen molar-refractivity contribution < 1.29 is 14.5 Å². The second-order valence-corrected chi connectivity index (χ2v) is 13.2. The minimum Gasteiger partial charge on any atom is -0.345 e. The fourth-order valence-corrected chi connectivity index (χ4v) is 7.12. The Morgan fingerprint density at radius 1 is 1.00 bits per heavy atom. The van der Waals surface area contributed by atoms with Crippen LogP contribution in [0.2, 0.25) is 0 Å². The minimum absolute atomic E-state index is 0.0490. The van der Waals surface area contributed by atoms with Crippen molar-refractivity contribution in [2.24, 2.45) is 5.10 Å². The number of amides is 2. The van der Waals surface area contributed by atoms with E-state index in [9.17, 15) is 19.7 Å². The fourth-order valence-electron chi connectivity index (χ4n) is 5.56. The van der Waals surface area contributed by atoms with Gasteiger partial charge >= 0.3 is 0 Å². The number of aromatic nitrogens is 3. The van der Waals surface area contributed by atoms with E-state index in [4.69, 9.17) is 5.10 Å². The lowest BCUT2D eigenvalue weighted by atomic mass is 10.00. The first-order chi connectivity index (χ1) is 23.3. The van der Waals surface area contributed by atoms with Gasteiger partial charge in [0.25, 0.3) is 17.5 Å². The molecule has 0 bridgehead atoms. The lowest BCUT2D eigenvalue weighted by molar-refractivity contribution is -0.385. The number of hydrogen-bond donors (Lipinski definition) is 1. The van der Waals surface area contributed by atoms with Gasteiger partial charge in [-0.2, -0.15) is 5.10 Å². The van der Waals surface area contributed by atoms with E-state index in [0.29, 0.717) is 30.4 Å².